The summed E-state index contributed by atoms with van der Waals surface area (Å²) in [7, 11) is -3.60. The first kappa shape index (κ1) is 17.1. The summed E-state index contributed by atoms with van der Waals surface area (Å²) in [5.41, 5.74) is 3.22. The summed E-state index contributed by atoms with van der Waals surface area (Å²) in [6.07, 6.45) is -0.441. The summed E-state index contributed by atoms with van der Waals surface area (Å²) in [4.78, 5) is 0.277. The average Bonchev–Trinajstić information content (AvgIpc) is 2.87. The Morgan fingerprint density at radius 3 is 2.42 bits per heavy atom. The second-order valence-electron chi connectivity index (χ2n) is 6.43. The monoisotopic (exact) mass is 349 g/mol. The van der Waals surface area contributed by atoms with E-state index in [1.165, 1.54) is 4.31 Å². The highest BCUT2D eigenvalue weighted by Crippen LogP contribution is 2.30. The molecule has 24 heavy (non-hydrogen) atoms. The van der Waals surface area contributed by atoms with Gasteiger partial charge in [-0.2, -0.15) is 9.40 Å². The van der Waals surface area contributed by atoms with Crippen molar-refractivity contribution in [1.29, 1.82) is 0 Å². The maximum Gasteiger partial charge on any atom is 0.246 e. The number of hydrogen-bond acceptors (Lipinski definition) is 4. The average molecular weight is 349 g/mol. The predicted molar refractivity (Wildman–Crippen MR) is 91.3 cm³/mol. The smallest absolute Gasteiger partial charge is 0.246 e. The largest absolute Gasteiger partial charge is 0.368 e. The number of hydrogen-bond donors (Lipinski definition) is 1. The lowest BCUT2D eigenvalue weighted by Gasteiger charge is -2.36. The molecule has 0 radical (unpaired) electrons. The van der Waals surface area contributed by atoms with Gasteiger partial charge in [0.25, 0.3) is 0 Å². The molecule has 7 heteroatoms. The summed E-state index contributed by atoms with van der Waals surface area (Å²) < 4.78 is 33.7. The molecule has 1 aromatic heterocycles. The molecule has 0 spiro atoms. The number of nitrogens with zero attached hydrogens (tertiary/aromatic N) is 2. The summed E-state index contributed by atoms with van der Waals surface area (Å²) in [6.45, 7) is 8.01. The van der Waals surface area contributed by atoms with Gasteiger partial charge in [-0.1, -0.05) is 29.8 Å². The van der Waals surface area contributed by atoms with E-state index in [1.807, 2.05) is 38.1 Å². The van der Waals surface area contributed by atoms with Gasteiger partial charge in [-0.3, -0.25) is 5.10 Å². The van der Waals surface area contributed by atoms with Gasteiger partial charge in [-0.25, -0.2) is 8.42 Å². The number of aryl methyl sites for hydroxylation is 3. The number of nitrogens with one attached hydrogen (secondary N) is 1. The van der Waals surface area contributed by atoms with Crippen LogP contribution in [0.4, 0.5) is 0 Å². The summed E-state index contributed by atoms with van der Waals surface area (Å²) in [6, 6.07) is 8.02. The first-order valence-electron chi connectivity index (χ1n) is 8.02. The third kappa shape index (κ3) is 3.11. The van der Waals surface area contributed by atoms with Crippen LogP contribution in [-0.4, -0.2) is 42.1 Å². The summed E-state index contributed by atoms with van der Waals surface area (Å²) in [5.74, 6) is 0. The molecule has 2 atom stereocenters. The zero-order valence-corrected chi connectivity index (χ0v) is 15.2. The molecular formula is C17H23N3O3S. The zero-order valence-electron chi connectivity index (χ0n) is 14.4. The van der Waals surface area contributed by atoms with Gasteiger partial charge in [0.05, 0.1) is 23.6 Å². The molecule has 0 aliphatic carbocycles. The highest BCUT2D eigenvalue weighted by atomic mass is 32.2. The second-order valence-corrected chi connectivity index (χ2v) is 8.31. The van der Waals surface area contributed by atoms with Crippen LogP contribution in [0.15, 0.2) is 29.2 Å². The minimum atomic E-state index is -3.60. The van der Waals surface area contributed by atoms with E-state index in [0.29, 0.717) is 24.5 Å². The number of aromatic amines is 1. The second kappa shape index (κ2) is 6.31. The predicted octanol–water partition coefficient (Wildman–Crippen LogP) is 2.49. The molecule has 1 N–H and O–H groups in total. The molecule has 2 heterocycles. The number of ether oxygens (including phenoxy) is 1. The highest BCUT2D eigenvalue weighted by Gasteiger charge is 2.36. The molecule has 6 nitrogen and oxygen atoms in total. The maximum atomic E-state index is 13.1. The fourth-order valence-electron chi connectivity index (χ4n) is 3.12. The third-order valence-corrected chi connectivity index (χ3v) is 6.43. The van der Waals surface area contributed by atoms with Gasteiger partial charge < -0.3 is 4.74 Å². The fourth-order valence-corrected chi connectivity index (χ4v) is 4.97. The number of rotatable bonds is 3. The molecule has 3 rings (SSSR count). The van der Waals surface area contributed by atoms with Crippen LogP contribution >= 0.6 is 0 Å². The Balaban J connectivity index is 1.92. The van der Waals surface area contributed by atoms with Crippen LogP contribution < -0.4 is 0 Å². The van der Waals surface area contributed by atoms with E-state index in [0.717, 1.165) is 11.1 Å². The van der Waals surface area contributed by atoms with Crippen molar-refractivity contribution in [2.24, 2.45) is 0 Å². The number of sulfonamides is 1. The number of morpholine rings is 1. The van der Waals surface area contributed by atoms with Crippen LogP contribution in [0.2, 0.25) is 0 Å². The minimum absolute atomic E-state index is 0.174. The SMILES string of the molecule is Cc1ccc(C2CN(S(=O)(=O)c3c(C)n[nH]c3C)CC(C)O2)cc1. The van der Waals surface area contributed by atoms with Crippen LogP contribution in [0.3, 0.4) is 0 Å². The standard InChI is InChI=1S/C17H23N3O3S/c1-11-5-7-15(8-6-11)16-10-20(9-12(2)23-16)24(21,22)17-13(3)18-19-14(17)4/h5-8,12,16H,9-10H2,1-4H3,(H,18,19). The van der Waals surface area contributed by atoms with E-state index in [9.17, 15) is 8.42 Å². The van der Waals surface area contributed by atoms with Gasteiger partial charge in [0.2, 0.25) is 10.0 Å². The van der Waals surface area contributed by atoms with Crippen molar-refractivity contribution in [2.45, 2.75) is 44.8 Å². The van der Waals surface area contributed by atoms with Crippen molar-refractivity contribution >= 4 is 10.0 Å². The highest BCUT2D eigenvalue weighted by molar-refractivity contribution is 7.89. The first-order chi connectivity index (χ1) is 11.3. The van der Waals surface area contributed by atoms with Crippen molar-refractivity contribution in [3.05, 3.63) is 46.8 Å². The van der Waals surface area contributed by atoms with Crippen molar-refractivity contribution in [3.63, 3.8) is 0 Å². The molecule has 0 saturated carbocycles. The lowest BCUT2D eigenvalue weighted by molar-refractivity contribution is -0.0557. The number of H-pyrrole nitrogens is 1. The molecule has 2 aromatic rings. The fraction of sp³-hybridized carbons (Fsp3) is 0.471. The molecule has 0 amide bonds. The van der Waals surface area contributed by atoms with Gasteiger partial charge >= 0.3 is 0 Å². The molecule has 1 saturated heterocycles. The molecule has 1 fully saturated rings. The molecule has 1 aliphatic heterocycles. The van der Waals surface area contributed by atoms with E-state index in [1.54, 1.807) is 13.8 Å². The van der Waals surface area contributed by atoms with E-state index in [2.05, 4.69) is 10.2 Å². The van der Waals surface area contributed by atoms with E-state index < -0.39 is 10.0 Å². The lowest BCUT2D eigenvalue weighted by atomic mass is 10.1. The Morgan fingerprint density at radius 2 is 1.83 bits per heavy atom. The van der Waals surface area contributed by atoms with Crippen LogP contribution in [0, 0.1) is 20.8 Å². The topological polar surface area (TPSA) is 75.3 Å². The minimum Gasteiger partial charge on any atom is -0.368 e. The Hall–Kier alpha value is -1.70. The van der Waals surface area contributed by atoms with E-state index in [4.69, 9.17) is 4.74 Å². The Kier molecular flexibility index (Phi) is 4.50. The maximum absolute atomic E-state index is 13.1. The van der Waals surface area contributed by atoms with Crippen molar-refractivity contribution in [1.82, 2.24) is 14.5 Å². The number of benzene rings is 1. The number of aromatic nitrogens is 2. The molecule has 130 valence electrons. The molecule has 1 aromatic carbocycles. The van der Waals surface area contributed by atoms with Crippen molar-refractivity contribution < 1.29 is 13.2 Å². The van der Waals surface area contributed by atoms with Crippen molar-refractivity contribution in [3.8, 4) is 0 Å². The molecular weight excluding hydrogens is 326 g/mol. The normalized spacial score (nSPS) is 22.7. The Labute approximate surface area is 142 Å². The van der Waals surface area contributed by atoms with Gasteiger partial charge in [0.1, 0.15) is 4.90 Å². The Bertz CT molecular complexity index is 808. The van der Waals surface area contributed by atoms with E-state index in [-0.39, 0.29) is 17.1 Å². The van der Waals surface area contributed by atoms with Crippen LogP contribution in [0.25, 0.3) is 0 Å². The van der Waals surface area contributed by atoms with E-state index >= 15 is 0 Å². The van der Waals surface area contributed by atoms with Gasteiger partial charge in [0.15, 0.2) is 0 Å². The zero-order chi connectivity index (χ0) is 17.5. The quantitative estimate of drug-likeness (QED) is 0.924. The van der Waals surface area contributed by atoms with Crippen LogP contribution in [0.1, 0.15) is 35.5 Å². The summed E-state index contributed by atoms with van der Waals surface area (Å²) >= 11 is 0. The van der Waals surface area contributed by atoms with Gasteiger partial charge in [0, 0.05) is 13.1 Å². The van der Waals surface area contributed by atoms with Gasteiger partial charge in [-0.05, 0) is 33.3 Å². The Morgan fingerprint density at radius 1 is 1.17 bits per heavy atom. The molecule has 0 bridgehead atoms. The summed E-state index contributed by atoms with van der Waals surface area (Å²) in [5, 5.41) is 6.78. The van der Waals surface area contributed by atoms with Crippen molar-refractivity contribution in [2.75, 3.05) is 13.1 Å². The molecule has 2 unspecified atom stereocenters. The molecule has 1 aliphatic rings. The van der Waals surface area contributed by atoms with Crippen LogP contribution in [0.5, 0.6) is 0 Å². The van der Waals surface area contributed by atoms with Gasteiger partial charge in [-0.15, -0.1) is 0 Å². The third-order valence-electron chi connectivity index (χ3n) is 4.33. The van der Waals surface area contributed by atoms with Crippen LogP contribution in [-0.2, 0) is 14.8 Å². The first-order valence-corrected chi connectivity index (χ1v) is 9.47. The lowest BCUT2D eigenvalue weighted by Crippen LogP contribution is -2.46.